The lowest BCUT2D eigenvalue weighted by atomic mass is 10.1. The van der Waals surface area contributed by atoms with Gasteiger partial charge in [-0.15, -0.1) is 11.8 Å². The maximum Gasteiger partial charge on any atom is 0.234 e. The molecule has 0 saturated carbocycles. The number of ether oxygens (including phenoxy) is 2. The SMILES string of the molecule is CC(=O)c1cccc(NC(=O)CSCc2cc(Cl)c3c(c2)OCCO3)c1. The molecule has 1 heterocycles. The van der Waals surface area contributed by atoms with Crippen LogP contribution in [0.2, 0.25) is 5.02 Å². The van der Waals surface area contributed by atoms with Crippen LogP contribution in [0.15, 0.2) is 36.4 Å². The monoisotopic (exact) mass is 391 g/mol. The van der Waals surface area contributed by atoms with E-state index in [9.17, 15) is 9.59 Å². The fourth-order valence-electron chi connectivity index (χ4n) is 2.52. The number of carbonyl (C=O) groups is 2. The molecule has 0 bridgehead atoms. The first-order valence-corrected chi connectivity index (χ1v) is 9.63. The van der Waals surface area contributed by atoms with E-state index in [1.807, 2.05) is 12.1 Å². The summed E-state index contributed by atoms with van der Waals surface area (Å²) in [4.78, 5) is 23.5. The van der Waals surface area contributed by atoms with Crippen molar-refractivity contribution in [3.8, 4) is 11.5 Å². The second-order valence-electron chi connectivity index (χ2n) is 5.78. The lowest BCUT2D eigenvalue weighted by Crippen LogP contribution is -2.16. The van der Waals surface area contributed by atoms with E-state index in [0.717, 1.165) is 5.56 Å². The van der Waals surface area contributed by atoms with Crippen molar-refractivity contribution < 1.29 is 19.1 Å². The molecule has 7 heteroatoms. The Kier molecular flexibility index (Phi) is 6.06. The third-order valence-electron chi connectivity index (χ3n) is 3.71. The molecule has 0 aliphatic carbocycles. The van der Waals surface area contributed by atoms with Crippen LogP contribution >= 0.6 is 23.4 Å². The highest BCUT2D eigenvalue weighted by Crippen LogP contribution is 2.39. The van der Waals surface area contributed by atoms with Gasteiger partial charge in [-0.3, -0.25) is 9.59 Å². The number of ketones is 1. The Morgan fingerprint density at radius 2 is 2.00 bits per heavy atom. The molecule has 0 aromatic heterocycles. The van der Waals surface area contributed by atoms with Crippen molar-refractivity contribution in [3.05, 3.63) is 52.5 Å². The molecular formula is C19H18ClNO4S. The molecule has 2 aromatic carbocycles. The number of nitrogens with one attached hydrogen (secondary N) is 1. The lowest BCUT2D eigenvalue weighted by molar-refractivity contribution is -0.113. The summed E-state index contributed by atoms with van der Waals surface area (Å²) < 4.78 is 11.0. The average Bonchev–Trinajstić information content (AvgIpc) is 2.62. The van der Waals surface area contributed by atoms with Crippen molar-refractivity contribution >= 4 is 40.7 Å². The summed E-state index contributed by atoms with van der Waals surface area (Å²) in [5, 5.41) is 3.32. The van der Waals surface area contributed by atoms with E-state index in [2.05, 4.69) is 5.32 Å². The van der Waals surface area contributed by atoms with E-state index in [4.69, 9.17) is 21.1 Å². The Hall–Kier alpha value is -2.18. The molecule has 1 aliphatic heterocycles. The van der Waals surface area contributed by atoms with Crippen LogP contribution < -0.4 is 14.8 Å². The summed E-state index contributed by atoms with van der Waals surface area (Å²) in [6, 6.07) is 10.6. The molecule has 136 valence electrons. The number of halogens is 1. The Morgan fingerprint density at radius 1 is 1.19 bits per heavy atom. The molecule has 0 radical (unpaired) electrons. The van der Waals surface area contributed by atoms with Crippen LogP contribution in [-0.2, 0) is 10.5 Å². The summed E-state index contributed by atoms with van der Waals surface area (Å²) >= 11 is 7.68. The third kappa shape index (κ3) is 4.71. The van der Waals surface area contributed by atoms with Crippen LogP contribution in [0.4, 0.5) is 5.69 Å². The highest BCUT2D eigenvalue weighted by atomic mass is 35.5. The van der Waals surface area contributed by atoms with E-state index in [1.54, 1.807) is 24.3 Å². The van der Waals surface area contributed by atoms with Gasteiger partial charge in [-0.05, 0) is 36.8 Å². The molecule has 26 heavy (non-hydrogen) atoms. The molecule has 5 nitrogen and oxygen atoms in total. The van der Waals surface area contributed by atoms with E-state index in [0.29, 0.717) is 46.7 Å². The zero-order valence-electron chi connectivity index (χ0n) is 14.2. The average molecular weight is 392 g/mol. The maximum absolute atomic E-state index is 12.1. The number of amides is 1. The Balaban J connectivity index is 1.53. The second-order valence-corrected chi connectivity index (χ2v) is 7.17. The van der Waals surface area contributed by atoms with Gasteiger partial charge in [0.1, 0.15) is 13.2 Å². The first-order valence-electron chi connectivity index (χ1n) is 8.09. The summed E-state index contributed by atoms with van der Waals surface area (Å²) in [5.41, 5.74) is 2.16. The molecule has 1 amide bonds. The maximum atomic E-state index is 12.1. The van der Waals surface area contributed by atoms with Crippen LogP contribution in [0.3, 0.4) is 0 Å². The van der Waals surface area contributed by atoms with Crippen LogP contribution in [-0.4, -0.2) is 30.7 Å². The molecule has 1 N–H and O–H groups in total. The number of thioether (sulfide) groups is 1. The van der Waals surface area contributed by atoms with Gasteiger partial charge < -0.3 is 14.8 Å². The number of hydrogen-bond donors (Lipinski definition) is 1. The van der Waals surface area contributed by atoms with Crippen LogP contribution in [0.1, 0.15) is 22.8 Å². The van der Waals surface area contributed by atoms with Gasteiger partial charge in [-0.25, -0.2) is 0 Å². The normalized spacial score (nSPS) is 12.5. The first-order chi connectivity index (χ1) is 12.5. The fourth-order valence-corrected chi connectivity index (χ4v) is 3.57. The Morgan fingerprint density at radius 3 is 2.81 bits per heavy atom. The largest absolute Gasteiger partial charge is 0.486 e. The van der Waals surface area contributed by atoms with Crippen molar-refractivity contribution in [3.63, 3.8) is 0 Å². The first kappa shape index (κ1) is 18.6. The molecule has 2 aromatic rings. The van der Waals surface area contributed by atoms with Crippen molar-refractivity contribution in [2.45, 2.75) is 12.7 Å². The van der Waals surface area contributed by atoms with Gasteiger partial charge in [0.2, 0.25) is 5.91 Å². The number of anilines is 1. The van der Waals surface area contributed by atoms with Gasteiger partial charge in [0.05, 0.1) is 10.8 Å². The van der Waals surface area contributed by atoms with Gasteiger partial charge in [0.15, 0.2) is 17.3 Å². The molecule has 0 spiro atoms. The highest BCUT2D eigenvalue weighted by molar-refractivity contribution is 7.99. The minimum atomic E-state index is -0.126. The second kappa shape index (κ2) is 8.47. The Labute approximate surface area is 161 Å². The predicted octanol–water partition coefficient (Wildman–Crippen LogP) is 4.19. The summed E-state index contributed by atoms with van der Waals surface area (Å²) in [5.74, 6) is 1.97. The molecule has 3 rings (SSSR count). The van der Waals surface area contributed by atoms with Crippen molar-refractivity contribution in [2.24, 2.45) is 0 Å². The molecular weight excluding hydrogens is 374 g/mol. The standard InChI is InChI=1S/C19H18ClNO4S/c1-12(22)14-3-2-4-15(9-14)21-18(23)11-26-10-13-7-16(20)19-17(8-13)24-5-6-25-19/h2-4,7-9H,5-6,10-11H2,1H3,(H,21,23). The van der Waals surface area contributed by atoms with Crippen LogP contribution in [0, 0.1) is 0 Å². The topological polar surface area (TPSA) is 64.6 Å². The van der Waals surface area contributed by atoms with Gasteiger partial charge in [-0.1, -0.05) is 23.7 Å². The smallest absolute Gasteiger partial charge is 0.234 e. The van der Waals surface area contributed by atoms with Gasteiger partial charge in [0, 0.05) is 17.0 Å². The third-order valence-corrected chi connectivity index (χ3v) is 5.00. The quantitative estimate of drug-likeness (QED) is 0.748. The Bertz CT molecular complexity index is 840. The van der Waals surface area contributed by atoms with Crippen molar-refractivity contribution in [1.29, 1.82) is 0 Å². The van der Waals surface area contributed by atoms with Gasteiger partial charge in [0.25, 0.3) is 0 Å². The van der Waals surface area contributed by atoms with Crippen LogP contribution in [0.25, 0.3) is 0 Å². The molecule has 0 fully saturated rings. The van der Waals surface area contributed by atoms with Gasteiger partial charge >= 0.3 is 0 Å². The number of carbonyl (C=O) groups excluding carboxylic acids is 2. The van der Waals surface area contributed by atoms with Crippen LogP contribution in [0.5, 0.6) is 11.5 Å². The summed E-state index contributed by atoms with van der Waals surface area (Å²) in [6.45, 7) is 2.49. The predicted molar refractivity (Wildman–Crippen MR) is 104 cm³/mol. The van der Waals surface area contributed by atoms with E-state index in [1.165, 1.54) is 18.7 Å². The van der Waals surface area contributed by atoms with Crippen molar-refractivity contribution in [1.82, 2.24) is 0 Å². The number of rotatable bonds is 6. The summed E-state index contributed by atoms with van der Waals surface area (Å²) in [6.07, 6.45) is 0. The number of Topliss-reactive ketones (excluding diaryl/α,β-unsaturated/α-hetero) is 1. The minimum Gasteiger partial charge on any atom is -0.486 e. The van der Waals surface area contributed by atoms with E-state index < -0.39 is 0 Å². The number of fused-ring (bicyclic) bond motifs is 1. The summed E-state index contributed by atoms with van der Waals surface area (Å²) in [7, 11) is 0. The van der Waals surface area contributed by atoms with Crippen molar-refractivity contribution in [2.75, 3.05) is 24.3 Å². The zero-order valence-corrected chi connectivity index (χ0v) is 15.8. The lowest BCUT2D eigenvalue weighted by Gasteiger charge is -2.20. The molecule has 1 aliphatic rings. The molecule has 0 atom stereocenters. The highest BCUT2D eigenvalue weighted by Gasteiger charge is 2.16. The van der Waals surface area contributed by atoms with E-state index >= 15 is 0 Å². The number of hydrogen-bond acceptors (Lipinski definition) is 5. The van der Waals surface area contributed by atoms with Gasteiger partial charge in [-0.2, -0.15) is 0 Å². The minimum absolute atomic E-state index is 0.0361. The molecule has 0 saturated heterocycles. The van der Waals surface area contributed by atoms with E-state index in [-0.39, 0.29) is 17.4 Å². The molecule has 0 unspecified atom stereocenters. The zero-order chi connectivity index (χ0) is 18.5. The number of benzene rings is 2. The fraction of sp³-hybridized carbons (Fsp3) is 0.263.